The normalized spacial score (nSPS) is 27.2. The van der Waals surface area contributed by atoms with Crippen molar-refractivity contribution >= 4 is 9.84 Å². The van der Waals surface area contributed by atoms with E-state index in [2.05, 4.69) is 13.8 Å². The molecule has 1 aromatic carbocycles. The van der Waals surface area contributed by atoms with E-state index in [1.165, 1.54) is 0 Å². The molecule has 2 unspecified atom stereocenters. The van der Waals surface area contributed by atoms with Crippen molar-refractivity contribution in [1.82, 2.24) is 0 Å². The molecule has 0 radical (unpaired) electrons. The van der Waals surface area contributed by atoms with Gasteiger partial charge in [-0.05, 0) is 43.2 Å². The minimum Gasteiger partial charge on any atom is -0.327 e. The molecule has 2 N–H and O–H groups in total. The van der Waals surface area contributed by atoms with Crippen molar-refractivity contribution in [2.24, 2.45) is 11.1 Å². The second kappa shape index (κ2) is 4.91. The van der Waals surface area contributed by atoms with Gasteiger partial charge in [-0.1, -0.05) is 32.0 Å². The summed E-state index contributed by atoms with van der Waals surface area (Å²) in [5, 5.41) is -0.461. The van der Waals surface area contributed by atoms with Crippen LogP contribution in [-0.4, -0.2) is 19.7 Å². The van der Waals surface area contributed by atoms with E-state index >= 15 is 0 Å². The molecule has 1 aliphatic carbocycles. The fraction of sp³-hybridized carbons (Fsp3) is 0.600. The average molecular weight is 281 g/mol. The van der Waals surface area contributed by atoms with Crippen LogP contribution in [0.3, 0.4) is 0 Å². The predicted molar refractivity (Wildman–Crippen MR) is 77.8 cm³/mol. The molecule has 4 heteroatoms. The van der Waals surface area contributed by atoms with Crippen molar-refractivity contribution in [3.63, 3.8) is 0 Å². The van der Waals surface area contributed by atoms with E-state index in [9.17, 15) is 8.42 Å². The van der Waals surface area contributed by atoms with E-state index in [0.717, 1.165) is 18.4 Å². The standard InChI is InChI=1S/C15H23NO2S/c1-11-6-4-5-7-13(11)19(17,18)14-10-15(2,3)9-8-12(14)16/h4-7,12,14H,8-10,16H2,1-3H3. The smallest absolute Gasteiger partial charge is 0.183 e. The van der Waals surface area contributed by atoms with Crippen LogP contribution in [0.5, 0.6) is 0 Å². The maximum atomic E-state index is 12.8. The summed E-state index contributed by atoms with van der Waals surface area (Å²) in [6, 6.07) is 6.92. The first-order valence-electron chi connectivity index (χ1n) is 6.79. The van der Waals surface area contributed by atoms with Crippen LogP contribution in [-0.2, 0) is 9.84 Å². The highest BCUT2D eigenvalue weighted by Gasteiger charge is 2.41. The Balaban J connectivity index is 2.42. The first kappa shape index (κ1) is 14.5. The maximum Gasteiger partial charge on any atom is 0.183 e. The van der Waals surface area contributed by atoms with Gasteiger partial charge in [0.25, 0.3) is 0 Å². The number of benzene rings is 1. The molecule has 1 aromatic rings. The van der Waals surface area contributed by atoms with Gasteiger partial charge in [0.15, 0.2) is 9.84 Å². The van der Waals surface area contributed by atoms with Crippen molar-refractivity contribution in [3.05, 3.63) is 29.8 Å². The number of sulfone groups is 1. The Kier molecular flexibility index (Phi) is 3.76. The Morgan fingerprint density at radius 2 is 1.89 bits per heavy atom. The molecule has 1 fully saturated rings. The van der Waals surface area contributed by atoms with Crippen molar-refractivity contribution < 1.29 is 8.42 Å². The molecule has 0 saturated heterocycles. The van der Waals surface area contributed by atoms with Gasteiger partial charge in [0.05, 0.1) is 10.1 Å². The molecule has 0 heterocycles. The zero-order valence-corrected chi connectivity index (χ0v) is 12.7. The van der Waals surface area contributed by atoms with Crippen LogP contribution in [0.25, 0.3) is 0 Å². The fourth-order valence-electron chi connectivity index (χ4n) is 2.92. The van der Waals surface area contributed by atoms with E-state index in [0.29, 0.717) is 11.3 Å². The minimum absolute atomic E-state index is 0.0519. The van der Waals surface area contributed by atoms with Gasteiger partial charge in [-0.2, -0.15) is 0 Å². The highest BCUT2D eigenvalue weighted by molar-refractivity contribution is 7.92. The Labute approximate surface area is 116 Å². The number of hydrogen-bond donors (Lipinski definition) is 1. The van der Waals surface area contributed by atoms with Crippen molar-refractivity contribution in [1.29, 1.82) is 0 Å². The molecular formula is C15H23NO2S. The molecule has 0 amide bonds. The number of hydrogen-bond acceptors (Lipinski definition) is 3. The van der Waals surface area contributed by atoms with Gasteiger partial charge in [0.1, 0.15) is 0 Å². The highest BCUT2D eigenvalue weighted by Crippen LogP contribution is 2.39. The molecule has 0 spiro atoms. The van der Waals surface area contributed by atoms with Crippen molar-refractivity contribution in [2.75, 3.05) is 0 Å². The van der Waals surface area contributed by atoms with Crippen molar-refractivity contribution in [3.8, 4) is 0 Å². The molecule has 2 rings (SSSR count). The van der Waals surface area contributed by atoms with Crippen LogP contribution in [0.15, 0.2) is 29.2 Å². The number of aryl methyl sites for hydroxylation is 1. The first-order valence-corrected chi connectivity index (χ1v) is 8.34. The topological polar surface area (TPSA) is 60.2 Å². The number of nitrogens with two attached hydrogens (primary N) is 1. The lowest BCUT2D eigenvalue weighted by molar-refractivity contribution is 0.227. The molecule has 106 valence electrons. The third-order valence-electron chi connectivity index (χ3n) is 4.18. The lowest BCUT2D eigenvalue weighted by Gasteiger charge is -2.38. The van der Waals surface area contributed by atoms with Crippen LogP contribution in [0.1, 0.15) is 38.7 Å². The van der Waals surface area contributed by atoms with E-state index < -0.39 is 15.1 Å². The molecule has 1 aliphatic rings. The molecule has 3 nitrogen and oxygen atoms in total. The van der Waals surface area contributed by atoms with Gasteiger partial charge in [-0.3, -0.25) is 0 Å². The number of rotatable bonds is 2. The zero-order chi connectivity index (χ0) is 14.3. The Morgan fingerprint density at radius 3 is 2.53 bits per heavy atom. The zero-order valence-electron chi connectivity index (χ0n) is 11.9. The monoisotopic (exact) mass is 281 g/mol. The van der Waals surface area contributed by atoms with E-state index in [1.54, 1.807) is 12.1 Å². The summed E-state index contributed by atoms with van der Waals surface area (Å²) >= 11 is 0. The van der Waals surface area contributed by atoms with Gasteiger partial charge in [0, 0.05) is 6.04 Å². The van der Waals surface area contributed by atoms with E-state index in [-0.39, 0.29) is 11.5 Å². The molecule has 0 aromatic heterocycles. The van der Waals surface area contributed by atoms with E-state index in [1.807, 2.05) is 19.1 Å². The summed E-state index contributed by atoms with van der Waals surface area (Å²) in [5.74, 6) is 0. The molecule has 0 aliphatic heterocycles. The minimum atomic E-state index is -3.34. The second-order valence-corrected chi connectivity index (χ2v) is 8.56. The average Bonchev–Trinajstić information content (AvgIpc) is 2.32. The summed E-state index contributed by atoms with van der Waals surface area (Å²) in [6.07, 6.45) is 2.42. The lowest BCUT2D eigenvalue weighted by Crippen LogP contribution is -2.47. The van der Waals surface area contributed by atoms with Crippen LogP contribution in [0, 0.1) is 12.3 Å². The Bertz CT molecular complexity index is 563. The Hall–Kier alpha value is -0.870. The third kappa shape index (κ3) is 2.84. The van der Waals surface area contributed by atoms with Gasteiger partial charge in [-0.15, -0.1) is 0 Å². The maximum absolute atomic E-state index is 12.8. The summed E-state index contributed by atoms with van der Waals surface area (Å²) in [5.41, 5.74) is 6.95. The molecular weight excluding hydrogens is 258 g/mol. The summed E-state index contributed by atoms with van der Waals surface area (Å²) in [6.45, 7) is 6.09. The Morgan fingerprint density at radius 1 is 1.26 bits per heavy atom. The van der Waals surface area contributed by atoms with Crippen LogP contribution in [0.2, 0.25) is 0 Å². The summed E-state index contributed by atoms with van der Waals surface area (Å²) in [4.78, 5) is 0.438. The molecule has 19 heavy (non-hydrogen) atoms. The quantitative estimate of drug-likeness (QED) is 0.906. The van der Waals surface area contributed by atoms with Crippen LogP contribution >= 0.6 is 0 Å². The molecule has 0 bridgehead atoms. The van der Waals surface area contributed by atoms with Crippen LogP contribution in [0.4, 0.5) is 0 Å². The summed E-state index contributed by atoms with van der Waals surface area (Å²) in [7, 11) is -3.34. The van der Waals surface area contributed by atoms with Gasteiger partial charge >= 0.3 is 0 Å². The van der Waals surface area contributed by atoms with Crippen molar-refractivity contribution in [2.45, 2.75) is 56.2 Å². The SMILES string of the molecule is Cc1ccccc1S(=O)(=O)C1CC(C)(C)CCC1N. The third-order valence-corrected chi connectivity index (χ3v) is 6.57. The molecule has 1 saturated carbocycles. The van der Waals surface area contributed by atoms with Gasteiger partial charge < -0.3 is 5.73 Å². The largest absolute Gasteiger partial charge is 0.327 e. The molecule has 2 atom stereocenters. The summed E-state index contributed by atoms with van der Waals surface area (Å²) < 4.78 is 25.7. The fourth-order valence-corrected chi connectivity index (χ4v) is 5.30. The van der Waals surface area contributed by atoms with Crippen LogP contribution < -0.4 is 5.73 Å². The van der Waals surface area contributed by atoms with Gasteiger partial charge in [-0.25, -0.2) is 8.42 Å². The highest BCUT2D eigenvalue weighted by atomic mass is 32.2. The van der Waals surface area contributed by atoms with E-state index in [4.69, 9.17) is 5.73 Å². The van der Waals surface area contributed by atoms with Gasteiger partial charge in [0.2, 0.25) is 0 Å². The second-order valence-electron chi connectivity index (χ2n) is 6.42. The lowest BCUT2D eigenvalue weighted by atomic mass is 9.75. The predicted octanol–water partition coefficient (Wildman–Crippen LogP) is 2.67. The first-order chi connectivity index (χ1) is 8.74.